The molecule has 0 bridgehead atoms. The molecule has 0 N–H and O–H groups in total. The lowest BCUT2D eigenvalue weighted by molar-refractivity contribution is -0.513. The maximum absolute atomic E-state index is 13.4. The van der Waals surface area contributed by atoms with Crippen LogP contribution in [0.25, 0.3) is 0 Å². The van der Waals surface area contributed by atoms with E-state index in [-0.39, 0.29) is 0 Å². The minimum Gasteiger partial charge on any atom is -0.199 e. The third kappa shape index (κ3) is 2.69. The van der Waals surface area contributed by atoms with E-state index in [4.69, 9.17) is 0 Å². The maximum Gasteiger partial charge on any atom is 0.378 e. The van der Waals surface area contributed by atoms with E-state index in [1.54, 1.807) is 0 Å². The number of fused-ring (bicyclic) bond motifs is 1. The Bertz CT molecular complexity index is 555. The van der Waals surface area contributed by atoms with Gasteiger partial charge in [0.2, 0.25) is 0 Å². The molecule has 0 spiro atoms. The third-order valence-corrected chi connectivity index (χ3v) is 4.36. The van der Waals surface area contributed by atoms with Crippen molar-refractivity contribution in [1.29, 1.82) is 0 Å². The molecular formula is C10H2F19N. The summed E-state index contributed by atoms with van der Waals surface area (Å²) in [4.78, 5) is 0. The Balaban J connectivity index is 0.00000103. The molecule has 0 atom stereocenters. The number of hydrogen-bond acceptors (Lipinski definition) is 1. The van der Waals surface area contributed by atoms with Gasteiger partial charge in [-0.1, -0.05) is 13.4 Å². The molecule has 0 aliphatic heterocycles. The zero-order valence-corrected chi connectivity index (χ0v) is 12.8. The van der Waals surface area contributed by atoms with Crippen molar-refractivity contribution in [2.75, 3.05) is 0 Å². The first kappa shape index (κ1) is 26.7. The van der Waals surface area contributed by atoms with Gasteiger partial charge in [0.15, 0.2) is 5.57 Å². The molecule has 2 aliphatic carbocycles. The number of hydrogen-bond donors (Lipinski definition) is 0. The summed E-state index contributed by atoms with van der Waals surface area (Å²) in [5.41, 5.74) is -2.50. The molecular weight excluding hydrogens is 495 g/mol. The van der Waals surface area contributed by atoms with E-state index in [9.17, 15) is 83.7 Å². The van der Waals surface area contributed by atoms with Crippen LogP contribution < -0.4 is 0 Å². The fraction of sp³-hybridized carbons (Fsp3) is 1.00. The Morgan fingerprint density at radius 3 is 0.533 bits per heavy atom. The quantitative estimate of drug-likeness (QED) is 0.282. The van der Waals surface area contributed by atoms with Crippen LogP contribution in [0.1, 0.15) is 0 Å². The van der Waals surface area contributed by atoms with Gasteiger partial charge in [-0.25, -0.2) is 0 Å². The van der Waals surface area contributed by atoms with Gasteiger partial charge in [-0.2, -0.15) is 70.2 Å². The second-order valence-corrected chi connectivity index (χ2v) is 5.94. The summed E-state index contributed by atoms with van der Waals surface area (Å²) >= 11 is 0. The van der Waals surface area contributed by atoms with Crippen LogP contribution in [0.5, 0.6) is 0 Å². The van der Waals surface area contributed by atoms with Gasteiger partial charge in [0.25, 0.3) is 0 Å². The van der Waals surface area contributed by atoms with Crippen LogP contribution in [-0.4, -0.2) is 52.9 Å². The van der Waals surface area contributed by atoms with Gasteiger partial charge in [-0.15, -0.1) is 0 Å². The molecule has 0 radical (unpaired) electrons. The van der Waals surface area contributed by atoms with E-state index in [0.29, 0.717) is 0 Å². The van der Waals surface area contributed by atoms with Crippen LogP contribution in [0.4, 0.5) is 83.7 Å². The molecule has 0 unspecified atom stereocenters. The standard InChI is InChI=1S/C10H2F16.F3N/c11-3(12)1-2(5(15,16)9(23,24)7(3,19)20)6(17,18)10(25,26)8(21,22)4(1,13)14;1-4(2)3/h1-2H;. The van der Waals surface area contributed by atoms with Crippen molar-refractivity contribution < 1.29 is 83.7 Å². The van der Waals surface area contributed by atoms with Crippen molar-refractivity contribution in [3.05, 3.63) is 0 Å². The van der Waals surface area contributed by atoms with Crippen molar-refractivity contribution in [2.45, 2.75) is 47.4 Å². The average Bonchev–Trinajstić information content (AvgIpc) is 2.47. The molecule has 0 amide bonds. The SMILES string of the molecule is FC1(F)C2C(C(F)(F)C(F)(F)C1(F)F)C(F)(F)C(F)(F)C(F)(F)C2(F)F.FN(F)F. The molecule has 2 fully saturated rings. The molecule has 0 aromatic heterocycles. The van der Waals surface area contributed by atoms with E-state index in [1.807, 2.05) is 0 Å². The van der Waals surface area contributed by atoms with E-state index in [1.165, 1.54) is 0 Å². The largest absolute Gasteiger partial charge is 0.378 e. The first-order chi connectivity index (χ1) is 12.7. The minimum absolute atomic E-state index is 2.50. The van der Waals surface area contributed by atoms with Crippen LogP contribution in [0, 0.1) is 11.8 Å². The van der Waals surface area contributed by atoms with Crippen molar-refractivity contribution in [2.24, 2.45) is 11.8 Å². The number of alkyl halides is 16. The van der Waals surface area contributed by atoms with Crippen molar-refractivity contribution in [3.63, 3.8) is 0 Å². The normalized spacial score (nSPS) is 35.6. The minimum atomic E-state index is -7.55. The summed E-state index contributed by atoms with van der Waals surface area (Å²) < 4.78 is 241. The number of rotatable bonds is 0. The Labute approximate surface area is 150 Å². The Kier molecular flexibility index (Phi) is 5.63. The van der Waals surface area contributed by atoms with E-state index in [0.717, 1.165) is 0 Å². The molecule has 2 saturated carbocycles. The molecule has 2 aliphatic rings. The maximum atomic E-state index is 13.4. The number of halogens is 19. The lowest BCUT2D eigenvalue weighted by Crippen LogP contribution is -2.85. The van der Waals surface area contributed by atoms with E-state index >= 15 is 0 Å². The topological polar surface area (TPSA) is 3.24 Å². The molecule has 0 aromatic carbocycles. The van der Waals surface area contributed by atoms with Gasteiger partial charge >= 0.3 is 47.4 Å². The fourth-order valence-corrected chi connectivity index (χ4v) is 2.91. The molecule has 0 aromatic rings. The molecule has 180 valence electrons. The zero-order chi connectivity index (χ0) is 24.7. The molecule has 30 heavy (non-hydrogen) atoms. The van der Waals surface area contributed by atoms with Crippen LogP contribution in [0.3, 0.4) is 0 Å². The Hall–Kier alpha value is -1.37. The molecule has 0 saturated heterocycles. The lowest BCUT2D eigenvalue weighted by Gasteiger charge is -2.58. The first-order valence-corrected chi connectivity index (χ1v) is 6.52. The first-order valence-electron chi connectivity index (χ1n) is 6.52. The van der Waals surface area contributed by atoms with Gasteiger partial charge in [-0.3, -0.25) is 0 Å². The van der Waals surface area contributed by atoms with Crippen molar-refractivity contribution in [3.8, 4) is 0 Å². The fourth-order valence-electron chi connectivity index (χ4n) is 2.91. The smallest absolute Gasteiger partial charge is 0.199 e. The molecule has 20 heteroatoms. The van der Waals surface area contributed by atoms with Gasteiger partial charge in [0.05, 0.1) is 0 Å². The van der Waals surface area contributed by atoms with Crippen molar-refractivity contribution >= 4 is 0 Å². The zero-order valence-electron chi connectivity index (χ0n) is 12.8. The van der Waals surface area contributed by atoms with Crippen LogP contribution in [0.2, 0.25) is 0 Å². The molecule has 1 nitrogen and oxygen atoms in total. The van der Waals surface area contributed by atoms with Gasteiger partial charge in [0.1, 0.15) is 11.8 Å². The monoisotopic (exact) mass is 497 g/mol. The van der Waals surface area contributed by atoms with Crippen molar-refractivity contribution in [1.82, 2.24) is 5.57 Å². The second-order valence-electron chi connectivity index (χ2n) is 5.94. The summed E-state index contributed by atoms with van der Waals surface area (Å²) in [7, 11) is 0. The van der Waals surface area contributed by atoms with Crippen LogP contribution in [0.15, 0.2) is 0 Å². The summed E-state index contributed by atoms with van der Waals surface area (Å²) in [6.45, 7) is 0. The third-order valence-electron chi connectivity index (χ3n) is 4.36. The molecule has 2 rings (SSSR count). The summed E-state index contributed by atoms with van der Waals surface area (Å²) in [5.74, 6) is -71.4. The highest BCUT2D eigenvalue weighted by Gasteiger charge is 3.02. The highest BCUT2D eigenvalue weighted by Crippen LogP contribution is 2.75. The van der Waals surface area contributed by atoms with Gasteiger partial charge < -0.3 is 0 Å². The highest BCUT2D eigenvalue weighted by molar-refractivity contribution is 5.27. The number of nitrogens with zero attached hydrogens (tertiary/aromatic N) is 1. The predicted octanol–water partition coefficient (Wildman–Crippen LogP) is 6.27. The highest BCUT2D eigenvalue weighted by atomic mass is 19.5. The Morgan fingerprint density at radius 1 is 0.333 bits per heavy atom. The summed E-state index contributed by atoms with van der Waals surface area (Å²) in [5, 5.41) is 0. The Morgan fingerprint density at radius 2 is 0.433 bits per heavy atom. The lowest BCUT2D eigenvalue weighted by atomic mass is 9.58. The predicted molar refractivity (Wildman–Crippen MR) is 51.7 cm³/mol. The average molecular weight is 497 g/mol. The van der Waals surface area contributed by atoms with E-state index in [2.05, 4.69) is 0 Å². The van der Waals surface area contributed by atoms with Gasteiger partial charge in [0, 0.05) is 0 Å². The van der Waals surface area contributed by atoms with E-state index < -0.39 is 64.8 Å². The summed E-state index contributed by atoms with van der Waals surface area (Å²) in [6, 6.07) is 0. The summed E-state index contributed by atoms with van der Waals surface area (Å²) in [6.07, 6.45) is 0. The molecule has 0 heterocycles. The van der Waals surface area contributed by atoms with Gasteiger partial charge in [-0.05, 0) is 0 Å². The van der Waals surface area contributed by atoms with Crippen LogP contribution >= 0.6 is 0 Å². The second kappa shape index (κ2) is 6.33. The van der Waals surface area contributed by atoms with Crippen LogP contribution in [-0.2, 0) is 0 Å².